The fourth-order valence-corrected chi connectivity index (χ4v) is 4.97. The zero-order chi connectivity index (χ0) is 21.0. The third-order valence-electron chi connectivity index (χ3n) is 6.01. The van der Waals surface area contributed by atoms with Crippen molar-refractivity contribution in [2.45, 2.75) is 33.6 Å². The molecule has 1 saturated heterocycles. The highest BCUT2D eigenvalue weighted by atomic mass is 35.5. The van der Waals surface area contributed by atoms with Crippen molar-refractivity contribution in [1.29, 1.82) is 0 Å². The maximum absolute atomic E-state index is 13.4. The molecule has 0 radical (unpaired) electrons. The number of hydrogen-bond donors (Lipinski definition) is 1. The molecule has 1 atom stereocenters. The fourth-order valence-electron chi connectivity index (χ4n) is 4.75. The molecule has 1 amide bonds. The van der Waals surface area contributed by atoms with Crippen molar-refractivity contribution < 1.29 is 14.1 Å². The molecule has 0 unspecified atom stereocenters. The third-order valence-corrected chi connectivity index (χ3v) is 6.34. The van der Waals surface area contributed by atoms with Crippen LogP contribution < -0.4 is 5.73 Å². The Bertz CT molecular complexity index is 1040. The average molecular weight is 414 g/mol. The number of benzene rings is 1. The van der Waals surface area contributed by atoms with Crippen molar-refractivity contribution in [3.8, 4) is 11.3 Å². The maximum Gasteiger partial charge on any atom is 0.259 e. The SMILES string of the molecule is Cc1onc(-c2ccccc2Cl)c1C(=O)N1CC[C@]2(C=C(N)C(=O)C(C)(C)C2)C1. The second kappa shape index (κ2) is 6.73. The second-order valence-corrected chi connectivity index (χ2v) is 9.18. The molecule has 0 bridgehead atoms. The van der Waals surface area contributed by atoms with E-state index in [0.29, 0.717) is 52.8 Å². The van der Waals surface area contributed by atoms with Crippen molar-refractivity contribution in [1.82, 2.24) is 10.1 Å². The van der Waals surface area contributed by atoms with Gasteiger partial charge in [0.1, 0.15) is 17.0 Å². The summed E-state index contributed by atoms with van der Waals surface area (Å²) in [5.41, 5.74) is 7.06. The van der Waals surface area contributed by atoms with Crippen molar-refractivity contribution in [2.75, 3.05) is 13.1 Å². The smallest absolute Gasteiger partial charge is 0.259 e. The van der Waals surface area contributed by atoms with E-state index < -0.39 is 5.41 Å². The van der Waals surface area contributed by atoms with Gasteiger partial charge in [0, 0.05) is 29.5 Å². The highest BCUT2D eigenvalue weighted by Crippen LogP contribution is 2.47. The van der Waals surface area contributed by atoms with Gasteiger partial charge in [-0.05, 0) is 31.9 Å². The van der Waals surface area contributed by atoms with Crippen LogP contribution in [-0.4, -0.2) is 34.8 Å². The number of halogens is 1. The molecule has 1 aromatic carbocycles. The summed E-state index contributed by atoms with van der Waals surface area (Å²) >= 11 is 6.32. The molecule has 2 N–H and O–H groups in total. The van der Waals surface area contributed by atoms with Crippen LogP contribution in [-0.2, 0) is 4.79 Å². The van der Waals surface area contributed by atoms with Gasteiger partial charge in [-0.25, -0.2) is 0 Å². The normalized spacial score (nSPS) is 23.5. The van der Waals surface area contributed by atoms with E-state index in [2.05, 4.69) is 5.16 Å². The van der Waals surface area contributed by atoms with Crippen molar-refractivity contribution in [3.05, 3.63) is 52.4 Å². The molecule has 1 aliphatic carbocycles. The molecule has 2 heterocycles. The predicted octanol–water partition coefficient (Wildman–Crippen LogP) is 3.98. The molecule has 7 heteroatoms. The zero-order valence-electron chi connectivity index (χ0n) is 16.8. The lowest BCUT2D eigenvalue weighted by Gasteiger charge is -2.39. The van der Waals surface area contributed by atoms with Gasteiger partial charge in [-0.1, -0.05) is 48.8 Å². The minimum absolute atomic E-state index is 0.0243. The van der Waals surface area contributed by atoms with Crippen LogP contribution in [0.25, 0.3) is 11.3 Å². The number of aryl methyl sites for hydroxylation is 1. The summed E-state index contributed by atoms with van der Waals surface area (Å²) in [6, 6.07) is 7.25. The van der Waals surface area contributed by atoms with Crippen LogP contribution in [0.15, 0.2) is 40.6 Å². The van der Waals surface area contributed by atoms with E-state index in [9.17, 15) is 9.59 Å². The molecule has 1 aliphatic heterocycles. The first-order valence-electron chi connectivity index (χ1n) is 9.67. The number of amides is 1. The third kappa shape index (κ3) is 3.25. The predicted molar refractivity (Wildman–Crippen MR) is 110 cm³/mol. The number of nitrogens with zero attached hydrogens (tertiary/aromatic N) is 2. The van der Waals surface area contributed by atoms with Gasteiger partial charge in [0.05, 0.1) is 10.7 Å². The van der Waals surface area contributed by atoms with E-state index in [1.54, 1.807) is 17.9 Å². The van der Waals surface area contributed by atoms with Crippen LogP contribution >= 0.6 is 11.6 Å². The Morgan fingerprint density at radius 1 is 1.31 bits per heavy atom. The highest BCUT2D eigenvalue weighted by molar-refractivity contribution is 6.33. The molecule has 1 fully saturated rings. The molecule has 4 rings (SSSR count). The minimum atomic E-state index is -0.534. The number of rotatable bonds is 2. The first-order chi connectivity index (χ1) is 13.6. The Hall–Kier alpha value is -2.60. The quantitative estimate of drug-likeness (QED) is 0.804. The number of carbonyl (C=O) groups excluding carboxylic acids is 2. The summed E-state index contributed by atoms with van der Waals surface area (Å²) in [5.74, 6) is 0.293. The van der Waals surface area contributed by atoms with Crippen LogP contribution in [0.4, 0.5) is 0 Å². The van der Waals surface area contributed by atoms with Gasteiger partial charge in [0.15, 0.2) is 5.78 Å². The summed E-state index contributed by atoms with van der Waals surface area (Å²) in [4.78, 5) is 27.6. The molecule has 2 aromatic rings. The number of likely N-dealkylation sites (tertiary alicyclic amines) is 1. The molecule has 6 nitrogen and oxygen atoms in total. The number of nitrogens with two attached hydrogens (primary N) is 1. The summed E-state index contributed by atoms with van der Waals surface area (Å²) < 4.78 is 5.35. The van der Waals surface area contributed by atoms with Crippen LogP contribution in [0.2, 0.25) is 5.02 Å². The van der Waals surface area contributed by atoms with Crippen molar-refractivity contribution in [2.24, 2.45) is 16.6 Å². The van der Waals surface area contributed by atoms with Crippen molar-refractivity contribution >= 4 is 23.3 Å². The van der Waals surface area contributed by atoms with Gasteiger partial charge >= 0.3 is 0 Å². The standard InChI is InChI=1S/C22H24ClN3O3/c1-13-17(18(25-29-13)14-6-4-5-7-15(14)23)20(28)26-9-8-22(12-26)10-16(24)19(27)21(2,3)11-22/h4-7,10H,8-9,11-12,24H2,1-3H3/t22-/m1/s1. The first-order valence-corrected chi connectivity index (χ1v) is 10.0. The van der Waals surface area contributed by atoms with E-state index in [0.717, 1.165) is 6.42 Å². The zero-order valence-corrected chi connectivity index (χ0v) is 17.5. The Morgan fingerprint density at radius 3 is 2.72 bits per heavy atom. The number of carbonyl (C=O) groups is 2. The van der Waals surface area contributed by atoms with Gasteiger partial charge < -0.3 is 15.2 Å². The largest absolute Gasteiger partial charge is 0.396 e. The number of hydrogen-bond acceptors (Lipinski definition) is 5. The van der Waals surface area contributed by atoms with E-state index >= 15 is 0 Å². The molecule has 0 saturated carbocycles. The van der Waals surface area contributed by atoms with Crippen LogP contribution in [0, 0.1) is 17.8 Å². The first kappa shape index (κ1) is 19.7. The summed E-state index contributed by atoms with van der Waals surface area (Å²) in [6.45, 7) is 6.66. The lowest BCUT2D eigenvalue weighted by molar-refractivity contribution is -0.125. The Kier molecular flexibility index (Phi) is 4.57. The van der Waals surface area contributed by atoms with E-state index in [-0.39, 0.29) is 17.1 Å². The molecular formula is C22H24ClN3O3. The Labute approximate surface area is 174 Å². The maximum atomic E-state index is 13.4. The van der Waals surface area contributed by atoms with Crippen LogP contribution in [0.1, 0.15) is 42.8 Å². The van der Waals surface area contributed by atoms with Gasteiger partial charge in [0.25, 0.3) is 5.91 Å². The Morgan fingerprint density at radius 2 is 2.03 bits per heavy atom. The van der Waals surface area contributed by atoms with Gasteiger partial charge in [-0.15, -0.1) is 0 Å². The van der Waals surface area contributed by atoms with E-state index in [4.69, 9.17) is 21.9 Å². The molecule has 29 heavy (non-hydrogen) atoms. The molecule has 1 aromatic heterocycles. The lowest BCUT2D eigenvalue weighted by Crippen LogP contribution is -2.42. The van der Waals surface area contributed by atoms with E-state index in [1.165, 1.54) is 0 Å². The number of Topliss-reactive ketones (excluding diaryl/α,β-unsaturated/α-hetero) is 1. The lowest BCUT2D eigenvalue weighted by atomic mass is 9.65. The summed E-state index contributed by atoms with van der Waals surface area (Å²) in [7, 11) is 0. The average Bonchev–Trinajstić information content (AvgIpc) is 3.23. The van der Waals surface area contributed by atoms with Crippen molar-refractivity contribution in [3.63, 3.8) is 0 Å². The van der Waals surface area contributed by atoms with Crippen LogP contribution in [0.3, 0.4) is 0 Å². The highest BCUT2D eigenvalue weighted by Gasteiger charge is 2.48. The minimum Gasteiger partial charge on any atom is -0.396 e. The van der Waals surface area contributed by atoms with Crippen LogP contribution in [0.5, 0.6) is 0 Å². The topological polar surface area (TPSA) is 89.4 Å². The number of ketones is 1. The van der Waals surface area contributed by atoms with Gasteiger partial charge in [0.2, 0.25) is 0 Å². The molecule has 2 aliphatic rings. The Balaban J connectivity index is 1.66. The molecule has 1 spiro atoms. The van der Waals surface area contributed by atoms with Gasteiger partial charge in [-0.3, -0.25) is 9.59 Å². The number of aromatic nitrogens is 1. The monoisotopic (exact) mass is 413 g/mol. The van der Waals surface area contributed by atoms with E-state index in [1.807, 2.05) is 38.1 Å². The molecular weight excluding hydrogens is 390 g/mol. The number of allylic oxidation sites excluding steroid dienone is 1. The fraction of sp³-hybridized carbons (Fsp3) is 0.409. The van der Waals surface area contributed by atoms with Gasteiger partial charge in [-0.2, -0.15) is 0 Å². The summed E-state index contributed by atoms with van der Waals surface area (Å²) in [6.07, 6.45) is 3.30. The molecule has 152 valence electrons. The summed E-state index contributed by atoms with van der Waals surface area (Å²) in [5, 5.41) is 4.62. The second-order valence-electron chi connectivity index (χ2n) is 8.77.